The van der Waals surface area contributed by atoms with Crippen LogP contribution in [0.3, 0.4) is 0 Å². The summed E-state index contributed by atoms with van der Waals surface area (Å²) in [7, 11) is 0. The molecule has 0 atom stereocenters. The van der Waals surface area contributed by atoms with Crippen LogP contribution in [0.15, 0.2) is 12.3 Å². The molecule has 0 aliphatic carbocycles. The van der Waals surface area contributed by atoms with E-state index in [1.165, 1.54) is 0 Å². The first-order valence-electron chi connectivity index (χ1n) is 4.69. The van der Waals surface area contributed by atoms with Crippen LogP contribution in [-0.2, 0) is 16.0 Å². The molecular formula is C10H13ClN2O2. The summed E-state index contributed by atoms with van der Waals surface area (Å²) in [5.74, 6) is -0.230. The predicted octanol–water partition coefficient (Wildman–Crippen LogP) is 1.81. The fourth-order valence-corrected chi connectivity index (χ4v) is 1.32. The van der Waals surface area contributed by atoms with Crippen LogP contribution < -0.4 is 5.73 Å². The SMILES string of the molecule is CCOC(=O)CCc1cnc(Cl)cc1N. The van der Waals surface area contributed by atoms with Crippen molar-refractivity contribution >= 4 is 23.3 Å². The zero-order chi connectivity index (χ0) is 11.3. The molecule has 0 aliphatic rings. The Morgan fingerprint density at radius 1 is 1.67 bits per heavy atom. The van der Waals surface area contributed by atoms with Gasteiger partial charge in [-0.15, -0.1) is 0 Å². The lowest BCUT2D eigenvalue weighted by molar-refractivity contribution is -0.143. The van der Waals surface area contributed by atoms with E-state index in [0.717, 1.165) is 5.56 Å². The minimum Gasteiger partial charge on any atom is -0.466 e. The summed E-state index contributed by atoms with van der Waals surface area (Å²) < 4.78 is 4.80. The molecule has 15 heavy (non-hydrogen) atoms. The van der Waals surface area contributed by atoms with Gasteiger partial charge in [0.2, 0.25) is 0 Å². The highest BCUT2D eigenvalue weighted by Gasteiger charge is 2.06. The zero-order valence-corrected chi connectivity index (χ0v) is 9.25. The van der Waals surface area contributed by atoms with Gasteiger partial charge in [0.1, 0.15) is 5.15 Å². The number of anilines is 1. The lowest BCUT2D eigenvalue weighted by Gasteiger charge is -2.05. The lowest BCUT2D eigenvalue weighted by atomic mass is 10.1. The molecule has 2 N–H and O–H groups in total. The fraction of sp³-hybridized carbons (Fsp3) is 0.400. The highest BCUT2D eigenvalue weighted by atomic mass is 35.5. The van der Waals surface area contributed by atoms with Crippen LogP contribution in [0.5, 0.6) is 0 Å². The quantitative estimate of drug-likeness (QED) is 0.631. The van der Waals surface area contributed by atoms with Crippen molar-refractivity contribution < 1.29 is 9.53 Å². The molecule has 5 heteroatoms. The zero-order valence-electron chi connectivity index (χ0n) is 8.50. The molecule has 0 saturated carbocycles. The van der Waals surface area contributed by atoms with Crippen molar-refractivity contribution in [3.63, 3.8) is 0 Å². The summed E-state index contributed by atoms with van der Waals surface area (Å²) in [5, 5.41) is 0.354. The third-order valence-electron chi connectivity index (χ3n) is 1.89. The average molecular weight is 229 g/mol. The minimum absolute atomic E-state index is 0.230. The van der Waals surface area contributed by atoms with Crippen molar-refractivity contribution in [2.45, 2.75) is 19.8 Å². The van der Waals surface area contributed by atoms with Gasteiger partial charge < -0.3 is 10.5 Å². The number of hydrogen-bond donors (Lipinski definition) is 1. The second-order valence-electron chi connectivity index (χ2n) is 3.01. The van der Waals surface area contributed by atoms with Gasteiger partial charge in [0.25, 0.3) is 0 Å². The number of esters is 1. The number of aromatic nitrogens is 1. The van der Waals surface area contributed by atoms with E-state index >= 15 is 0 Å². The van der Waals surface area contributed by atoms with E-state index in [1.54, 1.807) is 19.2 Å². The molecule has 1 heterocycles. The van der Waals surface area contributed by atoms with Crippen LogP contribution in [0.1, 0.15) is 18.9 Å². The van der Waals surface area contributed by atoms with E-state index in [9.17, 15) is 4.79 Å². The van der Waals surface area contributed by atoms with Crippen molar-refractivity contribution in [1.82, 2.24) is 4.98 Å². The largest absolute Gasteiger partial charge is 0.466 e. The summed E-state index contributed by atoms with van der Waals surface area (Å²) in [6.07, 6.45) is 2.41. The summed E-state index contributed by atoms with van der Waals surface area (Å²) in [6, 6.07) is 1.57. The molecule has 0 fully saturated rings. The number of nitrogens with zero attached hydrogens (tertiary/aromatic N) is 1. The number of carbonyl (C=O) groups is 1. The summed E-state index contributed by atoms with van der Waals surface area (Å²) in [4.78, 5) is 15.0. The van der Waals surface area contributed by atoms with E-state index in [2.05, 4.69) is 4.98 Å². The molecule has 0 aromatic carbocycles. The van der Waals surface area contributed by atoms with Crippen LogP contribution in [-0.4, -0.2) is 17.6 Å². The predicted molar refractivity (Wildman–Crippen MR) is 58.6 cm³/mol. The number of rotatable bonds is 4. The average Bonchev–Trinajstić information content (AvgIpc) is 2.17. The van der Waals surface area contributed by atoms with Gasteiger partial charge >= 0.3 is 5.97 Å². The van der Waals surface area contributed by atoms with E-state index in [0.29, 0.717) is 30.3 Å². The topological polar surface area (TPSA) is 65.2 Å². The van der Waals surface area contributed by atoms with Gasteiger partial charge in [-0.25, -0.2) is 4.98 Å². The molecule has 1 aromatic heterocycles. The van der Waals surface area contributed by atoms with Gasteiger partial charge in [-0.3, -0.25) is 4.79 Å². The Bertz CT molecular complexity index is 355. The molecular weight excluding hydrogens is 216 g/mol. The lowest BCUT2D eigenvalue weighted by Crippen LogP contribution is -2.06. The summed E-state index contributed by atoms with van der Waals surface area (Å²) in [5.41, 5.74) is 7.07. The molecule has 0 spiro atoms. The Balaban J connectivity index is 2.54. The van der Waals surface area contributed by atoms with Gasteiger partial charge in [-0.05, 0) is 25.0 Å². The number of nitrogens with two attached hydrogens (primary N) is 1. The number of halogens is 1. The second kappa shape index (κ2) is 5.56. The van der Waals surface area contributed by atoms with Crippen LogP contribution in [0.25, 0.3) is 0 Å². The monoisotopic (exact) mass is 228 g/mol. The van der Waals surface area contributed by atoms with Gasteiger partial charge in [0.15, 0.2) is 0 Å². The Morgan fingerprint density at radius 2 is 2.40 bits per heavy atom. The molecule has 1 rings (SSSR count). The molecule has 4 nitrogen and oxygen atoms in total. The third kappa shape index (κ3) is 3.75. The van der Waals surface area contributed by atoms with E-state index in [4.69, 9.17) is 22.1 Å². The number of pyridine rings is 1. The maximum Gasteiger partial charge on any atom is 0.306 e. The highest BCUT2D eigenvalue weighted by molar-refractivity contribution is 6.29. The molecule has 1 aromatic rings. The number of aryl methyl sites for hydroxylation is 1. The fourth-order valence-electron chi connectivity index (χ4n) is 1.15. The van der Waals surface area contributed by atoms with Crippen LogP contribution in [0, 0.1) is 0 Å². The number of carbonyl (C=O) groups excluding carboxylic acids is 1. The summed E-state index contributed by atoms with van der Waals surface area (Å²) >= 11 is 5.65. The van der Waals surface area contributed by atoms with Crippen molar-refractivity contribution in [3.05, 3.63) is 23.0 Å². The number of ether oxygens (including phenoxy) is 1. The molecule has 0 saturated heterocycles. The third-order valence-corrected chi connectivity index (χ3v) is 2.10. The van der Waals surface area contributed by atoms with Gasteiger partial charge in [0, 0.05) is 18.3 Å². The van der Waals surface area contributed by atoms with Gasteiger partial charge in [0.05, 0.1) is 6.61 Å². The molecule has 0 bridgehead atoms. The molecule has 0 amide bonds. The Labute approximate surface area is 93.4 Å². The first-order valence-corrected chi connectivity index (χ1v) is 5.06. The number of nitrogen functional groups attached to an aromatic ring is 1. The van der Waals surface area contributed by atoms with Crippen molar-refractivity contribution in [1.29, 1.82) is 0 Å². The Kier molecular flexibility index (Phi) is 4.37. The maximum absolute atomic E-state index is 11.1. The van der Waals surface area contributed by atoms with Crippen molar-refractivity contribution in [2.24, 2.45) is 0 Å². The smallest absolute Gasteiger partial charge is 0.306 e. The molecule has 0 unspecified atom stereocenters. The second-order valence-corrected chi connectivity index (χ2v) is 3.40. The number of hydrogen-bond acceptors (Lipinski definition) is 4. The Morgan fingerprint density at radius 3 is 3.00 bits per heavy atom. The van der Waals surface area contributed by atoms with Crippen molar-refractivity contribution in [3.8, 4) is 0 Å². The normalized spacial score (nSPS) is 10.0. The molecule has 82 valence electrons. The maximum atomic E-state index is 11.1. The standard InChI is InChI=1S/C10H13ClN2O2/c1-2-15-10(14)4-3-7-6-13-9(11)5-8(7)12/h5-6H,2-4H2,1H3,(H2,12,13). The highest BCUT2D eigenvalue weighted by Crippen LogP contribution is 2.16. The van der Waals surface area contributed by atoms with Crippen LogP contribution in [0.2, 0.25) is 5.15 Å². The van der Waals surface area contributed by atoms with E-state index in [1.807, 2.05) is 0 Å². The molecule has 0 aliphatic heterocycles. The first-order chi connectivity index (χ1) is 7.13. The first kappa shape index (κ1) is 11.8. The molecule has 0 radical (unpaired) electrons. The van der Waals surface area contributed by atoms with Gasteiger partial charge in [-0.1, -0.05) is 11.6 Å². The minimum atomic E-state index is -0.230. The van der Waals surface area contributed by atoms with Gasteiger partial charge in [-0.2, -0.15) is 0 Å². The van der Waals surface area contributed by atoms with Crippen LogP contribution >= 0.6 is 11.6 Å². The van der Waals surface area contributed by atoms with Crippen molar-refractivity contribution in [2.75, 3.05) is 12.3 Å². The van der Waals surface area contributed by atoms with E-state index < -0.39 is 0 Å². The Hall–Kier alpha value is -1.29. The van der Waals surface area contributed by atoms with E-state index in [-0.39, 0.29) is 5.97 Å². The van der Waals surface area contributed by atoms with Crippen LogP contribution in [0.4, 0.5) is 5.69 Å². The summed E-state index contributed by atoms with van der Waals surface area (Å²) in [6.45, 7) is 2.17.